The summed E-state index contributed by atoms with van der Waals surface area (Å²) in [6.45, 7) is 7.51. The van der Waals surface area contributed by atoms with Gasteiger partial charge >= 0.3 is 0 Å². The van der Waals surface area contributed by atoms with Crippen molar-refractivity contribution in [2.75, 3.05) is 18.6 Å². The molecule has 0 radical (unpaired) electrons. The summed E-state index contributed by atoms with van der Waals surface area (Å²) in [4.78, 5) is 0. The highest BCUT2D eigenvalue weighted by atomic mass is 32.2. The molecule has 0 aromatic heterocycles. The summed E-state index contributed by atoms with van der Waals surface area (Å²) in [6, 6.07) is 8.89. The molecule has 0 aliphatic carbocycles. The van der Waals surface area contributed by atoms with Crippen LogP contribution >= 0.6 is 0 Å². The summed E-state index contributed by atoms with van der Waals surface area (Å²) < 4.78 is 11.4. The molecule has 0 saturated heterocycles. The summed E-state index contributed by atoms with van der Waals surface area (Å²) in [5.74, 6) is 1.24. The van der Waals surface area contributed by atoms with Crippen LogP contribution < -0.4 is 5.32 Å². The van der Waals surface area contributed by atoms with Crippen molar-refractivity contribution in [2.45, 2.75) is 39.2 Å². The molecule has 0 aliphatic rings. The smallest absolute Gasteiger partial charge is 0.0436 e. The lowest BCUT2D eigenvalue weighted by Gasteiger charge is -2.18. The maximum Gasteiger partial charge on any atom is 0.0436 e. The third kappa shape index (κ3) is 4.91. The Labute approximate surface area is 114 Å². The van der Waals surface area contributed by atoms with Gasteiger partial charge in [0, 0.05) is 28.9 Å². The van der Waals surface area contributed by atoms with Crippen LogP contribution in [0.2, 0.25) is 0 Å². The minimum atomic E-state index is -0.776. The van der Waals surface area contributed by atoms with E-state index in [0.29, 0.717) is 11.7 Å². The molecule has 0 saturated carbocycles. The van der Waals surface area contributed by atoms with Crippen LogP contribution in [0.5, 0.6) is 0 Å². The number of benzene rings is 1. The van der Waals surface area contributed by atoms with E-state index in [4.69, 9.17) is 0 Å². The van der Waals surface area contributed by atoms with Crippen molar-refractivity contribution in [3.8, 4) is 0 Å². The maximum absolute atomic E-state index is 11.4. The van der Waals surface area contributed by atoms with E-state index >= 15 is 0 Å². The quantitative estimate of drug-likeness (QED) is 0.822. The van der Waals surface area contributed by atoms with Crippen molar-refractivity contribution < 1.29 is 4.21 Å². The Kier molecular flexibility index (Phi) is 6.58. The second-order valence-corrected chi connectivity index (χ2v) is 6.55. The largest absolute Gasteiger partial charge is 0.309 e. The molecule has 1 rings (SSSR count). The summed E-state index contributed by atoms with van der Waals surface area (Å²) in [6.07, 6.45) is 2.86. The standard InChI is InChI=1S/C15H25NOS/c1-5-10-16-15(11-18(4)17)14-8-6-13(7-9-14)12(2)3/h6-9,12,15-16H,5,10-11H2,1-4H3. The molecule has 18 heavy (non-hydrogen) atoms. The second-order valence-electron chi connectivity index (χ2n) is 5.07. The Morgan fingerprint density at radius 1 is 1.17 bits per heavy atom. The van der Waals surface area contributed by atoms with Crippen molar-refractivity contribution in [1.29, 1.82) is 0 Å². The summed E-state index contributed by atoms with van der Waals surface area (Å²) in [5, 5.41) is 3.47. The fraction of sp³-hybridized carbons (Fsp3) is 0.600. The molecule has 0 bridgehead atoms. The van der Waals surface area contributed by atoms with Gasteiger partial charge < -0.3 is 5.32 Å². The van der Waals surface area contributed by atoms with Gasteiger partial charge in [0.2, 0.25) is 0 Å². The van der Waals surface area contributed by atoms with Crippen LogP contribution in [0.1, 0.15) is 50.3 Å². The fourth-order valence-corrected chi connectivity index (χ4v) is 2.72. The van der Waals surface area contributed by atoms with E-state index in [9.17, 15) is 4.21 Å². The van der Waals surface area contributed by atoms with E-state index < -0.39 is 10.8 Å². The summed E-state index contributed by atoms with van der Waals surface area (Å²) in [5.41, 5.74) is 2.59. The molecule has 0 amide bonds. The topological polar surface area (TPSA) is 29.1 Å². The van der Waals surface area contributed by atoms with Gasteiger partial charge in [-0.15, -0.1) is 0 Å². The van der Waals surface area contributed by atoms with E-state index in [2.05, 4.69) is 50.4 Å². The molecule has 1 aromatic rings. The van der Waals surface area contributed by atoms with Crippen LogP contribution in [-0.4, -0.2) is 22.8 Å². The third-order valence-electron chi connectivity index (χ3n) is 3.05. The van der Waals surface area contributed by atoms with Gasteiger partial charge in [-0.2, -0.15) is 0 Å². The van der Waals surface area contributed by atoms with E-state index in [1.165, 1.54) is 11.1 Å². The Bertz CT molecular complexity index is 373. The highest BCUT2D eigenvalue weighted by Gasteiger charge is 2.12. The molecule has 0 heterocycles. The van der Waals surface area contributed by atoms with E-state index in [-0.39, 0.29) is 6.04 Å². The monoisotopic (exact) mass is 267 g/mol. The average molecular weight is 267 g/mol. The van der Waals surface area contributed by atoms with Crippen LogP contribution in [0, 0.1) is 0 Å². The van der Waals surface area contributed by atoms with Gasteiger partial charge in [-0.3, -0.25) is 4.21 Å². The predicted molar refractivity (Wildman–Crippen MR) is 80.5 cm³/mol. The third-order valence-corrected chi connectivity index (χ3v) is 3.85. The van der Waals surface area contributed by atoms with Gasteiger partial charge in [-0.25, -0.2) is 0 Å². The first-order chi connectivity index (χ1) is 8.54. The van der Waals surface area contributed by atoms with E-state index in [0.717, 1.165) is 13.0 Å². The lowest BCUT2D eigenvalue weighted by atomic mass is 9.99. The number of rotatable bonds is 7. The Morgan fingerprint density at radius 2 is 1.72 bits per heavy atom. The highest BCUT2D eigenvalue weighted by Crippen LogP contribution is 2.19. The molecule has 102 valence electrons. The minimum absolute atomic E-state index is 0.206. The van der Waals surface area contributed by atoms with Gasteiger partial charge in [-0.1, -0.05) is 45.0 Å². The van der Waals surface area contributed by atoms with Gasteiger partial charge in [0.25, 0.3) is 0 Å². The molecule has 2 atom stereocenters. The molecule has 1 N–H and O–H groups in total. The van der Waals surface area contributed by atoms with Gasteiger partial charge in [-0.05, 0) is 30.0 Å². The molecule has 3 heteroatoms. The second kappa shape index (κ2) is 7.70. The predicted octanol–water partition coefficient (Wildman–Crippen LogP) is 3.23. The zero-order chi connectivity index (χ0) is 13.5. The highest BCUT2D eigenvalue weighted by molar-refractivity contribution is 7.84. The van der Waals surface area contributed by atoms with Gasteiger partial charge in [0.1, 0.15) is 0 Å². The zero-order valence-electron chi connectivity index (χ0n) is 11.9. The van der Waals surface area contributed by atoms with Crippen molar-refractivity contribution in [3.05, 3.63) is 35.4 Å². The van der Waals surface area contributed by atoms with E-state index in [1.54, 1.807) is 6.26 Å². The Hall–Kier alpha value is -0.670. The zero-order valence-corrected chi connectivity index (χ0v) is 12.7. The van der Waals surface area contributed by atoms with Crippen molar-refractivity contribution in [2.24, 2.45) is 0 Å². The van der Waals surface area contributed by atoms with Crippen molar-refractivity contribution >= 4 is 10.8 Å². The molecule has 0 spiro atoms. The Morgan fingerprint density at radius 3 is 2.17 bits per heavy atom. The first-order valence-electron chi connectivity index (χ1n) is 6.67. The Balaban J connectivity index is 2.80. The van der Waals surface area contributed by atoms with Crippen LogP contribution in [0.3, 0.4) is 0 Å². The maximum atomic E-state index is 11.4. The van der Waals surface area contributed by atoms with Crippen LogP contribution in [0.4, 0.5) is 0 Å². The summed E-state index contributed by atoms with van der Waals surface area (Å²) >= 11 is 0. The molecule has 2 unspecified atom stereocenters. The number of nitrogens with one attached hydrogen (secondary N) is 1. The van der Waals surface area contributed by atoms with Crippen LogP contribution in [0.25, 0.3) is 0 Å². The van der Waals surface area contributed by atoms with Gasteiger partial charge in [0.15, 0.2) is 0 Å². The SMILES string of the molecule is CCCNC(CS(C)=O)c1ccc(C(C)C)cc1. The first-order valence-corrected chi connectivity index (χ1v) is 8.40. The van der Waals surface area contributed by atoms with Crippen molar-refractivity contribution in [1.82, 2.24) is 5.32 Å². The van der Waals surface area contributed by atoms with Crippen LogP contribution in [-0.2, 0) is 10.8 Å². The van der Waals surface area contributed by atoms with Crippen molar-refractivity contribution in [3.63, 3.8) is 0 Å². The number of hydrogen-bond acceptors (Lipinski definition) is 2. The average Bonchev–Trinajstić information content (AvgIpc) is 2.34. The van der Waals surface area contributed by atoms with Gasteiger partial charge in [0.05, 0.1) is 0 Å². The lowest BCUT2D eigenvalue weighted by Crippen LogP contribution is -2.26. The number of hydrogen-bond donors (Lipinski definition) is 1. The molecule has 0 aliphatic heterocycles. The molecular weight excluding hydrogens is 242 g/mol. The first kappa shape index (κ1) is 15.4. The molecular formula is C15H25NOS. The van der Waals surface area contributed by atoms with Crippen LogP contribution in [0.15, 0.2) is 24.3 Å². The summed E-state index contributed by atoms with van der Waals surface area (Å²) in [7, 11) is -0.776. The molecule has 1 aromatic carbocycles. The molecule has 0 fully saturated rings. The van der Waals surface area contributed by atoms with E-state index in [1.807, 2.05) is 0 Å². The normalized spacial score (nSPS) is 14.7. The lowest BCUT2D eigenvalue weighted by molar-refractivity contribution is 0.570. The fourth-order valence-electron chi connectivity index (χ4n) is 1.94. The molecule has 2 nitrogen and oxygen atoms in total. The minimum Gasteiger partial charge on any atom is -0.309 e.